The van der Waals surface area contributed by atoms with E-state index < -0.39 is 28.9 Å². The Kier molecular flexibility index (Phi) is 4.77. The number of aromatic nitrogens is 1. The first kappa shape index (κ1) is 17.5. The van der Waals surface area contributed by atoms with Gasteiger partial charge in [0.2, 0.25) is 0 Å². The van der Waals surface area contributed by atoms with E-state index in [0.717, 1.165) is 18.2 Å². The molecule has 8 heteroatoms. The summed E-state index contributed by atoms with van der Waals surface area (Å²) in [4.78, 5) is 3.74. The smallest absolute Gasteiger partial charge is 0.324 e. The maximum absolute atomic E-state index is 14.9. The maximum Gasteiger partial charge on any atom is 0.324 e. The third-order valence-electron chi connectivity index (χ3n) is 3.63. The van der Waals surface area contributed by atoms with E-state index in [0.29, 0.717) is 11.6 Å². The number of rotatable bonds is 3. The number of alkyl halides is 2. The minimum atomic E-state index is -3.57. The minimum Gasteiger partial charge on any atom is -0.357 e. The van der Waals surface area contributed by atoms with Gasteiger partial charge in [-0.3, -0.25) is 4.98 Å². The molecule has 1 fully saturated rings. The van der Waals surface area contributed by atoms with Crippen molar-refractivity contribution in [3.05, 3.63) is 65.0 Å². The highest BCUT2D eigenvalue weighted by Gasteiger charge is 2.68. The molecule has 1 aliphatic heterocycles. The van der Waals surface area contributed by atoms with E-state index in [4.69, 9.17) is 4.74 Å². The molecule has 2 heterocycles. The Bertz CT molecular complexity index is 828. The Hall–Kier alpha value is -1.31. The van der Waals surface area contributed by atoms with Gasteiger partial charge in [0.15, 0.2) is 5.60 Å². The van der Waals surface area contributed by atoms with Crippen LogP contribution >= 0.6 is 30.1 Å². The van der Waals surface area contributed by atoms with Gasteiger partial charge in [-0.1, -0.05) is 5.92 Å². The molecule has 24 heavy (non-hydrogen) atoms. The van der Waals surface area contributed by atoms with Crippen LogP contribution in [0.4, 0.5) is 17.6 Å². The minimum absolute atomic E-state index is 0.378. The number of ether oxygens (including phenoxy) is 1. The zero-order valence-electron chi connectivity index (χ0n) is 11.8. The van der Waals surface area contributed by atoms with Crippen LogP contribution in [0.2, 0.25) is 0 Å². The molecule has 0 bridgehead atoms. The van der Waals surface area contributed by atoms with Crippen molar-refractivity contribution in [2.75, 3.05) is 6.61 Å². The first-order valence-corrected chi connectivity index (χ1v) is 9.99. The summed E-state index contributed by atoms with van der Waals surface area (Å²) in [6.45, 7) is -0.378. The van der Waals surface area contributed by atoms with E-state index in [1.165, 1.54) is 21.2 Å². The van der Waals surface area contributed by atoms with Gasteiger partial charge in [-0.2, -0.15) is 8.78 Å². The Labute approximate surface area is 151 Å². The second-order valence-electron chi connectivity index (χ2n) is 5.05. The van der Waals surface area contributed by atoms with Gasteiger partial charge < -0.3 is 4.74 Å². The van der Waals surface area contributed by atoms with E-state index >= 15 is 0 Å². The molecule has 0 amide bonds. The van der Waals surface area contributed by atoms with Gasteiger partial charge in [-0.05, 0) is 38.5 Å². The van der Waals surface area contributed by atoms with Gasteiger partial charge in [-0.15, -0.1) is 0 Å². The fourth-order valence-electron chi connectivity index (χ4n) is 2.33. The molecule has 1 saturated heterocycles. The fraction of sp³-hybridized carbons (Fsp3) is 0.188. The molecule has 1 aromatic heterocycles. The molecule has 1 aliphatic rings. The SMILES string of the molecule is Fc1ccc(C2(C(F)(F)c3ccc(C#CSI)cn3)CO2)c(F)c1. The van der Waals surface area contributed by atoms with Crippen molar-refractivity contribution in [1.82, 2.24) is 4.98 Å². The molecular weight excluding hydrogens is 457 g/mol. The number of pyridine rings is 1. The summed E-state index contributed by atoms with van der Waals surface area (Å²) in [5.74, 6) is -2.75. The zero-order valence-corrected chi connectivity index (χ0v) is 14.8. The molecule has 0 aliphatic carbocycles. The highest BCUT2D eigenvalue weighted by Crippen LogP contribution is 2.56. The third-order valence-corrected chi connectivity index (χ3v) is 4.47. The van der Waals surface area contributed by atoms with Crippen molar-refractivity contribution in [3.63, 3.8) is 0 Å². The average molecular weight is 465 g/mol. The van der Waals surface area contributed by atoms with Gasteiger partial charge in [0.25, 0.3) is 0 Å². The lowest BCUT2D eigenvalue weighted by atomic mass is 9.90. The quantitative estimate of drug-likeness (QED) is 0.283. The molecule has 2 nitrogen and oxygen atoms in total. The monoisotopic (exact) mass is 465 g/mol. The Balaban J connectivity index is 1.97. The molecule has 1 atom stereocenters. The van der Waals surface area contributed by atoms with Crippen LogP contribution in [-0.2, 0) is 16.3 Å². The molecule has 0 saturated carbocycles. The molecule has 0 spiro atoms. The first-order valence-electron chi connectivity index (χ1n) is 6.63. The summed E-state index contributed by atoms with van der Waals surface area (Å²) >= 11 is 1.99. The van der Waals surface area contributed by atoms with Crippen LogP contribution in [0, 0.1) is 22.8 Å². The van der Waals surface area contributed by atoms with Gasteiger partial charge in [-0.25, -0.2) is 8.78 Å². The lowest BCUT2D eigenvalue weighted by Gasteiger charge is -2.24. The Morgan fingerprint density at radius 3 is 2.54 bits per heavy atom. The number of hydrogen-bond acceptors (Lipinski definition) is 3. The Morgan fingerprint density at radius 2 is 2.00 bits per heavy atom. The van der Waals surface area contributed by atoms with Gasteiger partial charge in [0.05, 0.1) is 6.61 Å². The number of nitrogens with zero attached hydrogens (tertiary/aromatic N) is 1. The molecular formula is C16H8F4INOS. The summed E-state index contributed by atoms with van der Waals surface area (Å²) < 4.78 is 61.6. The highest BCUT2D eigenvalue weighted by molar-refractivity contribution is 14.2. The van der Waals surface area contributed by atoms with Crippen LogP contribution in [0.25, 0.3) is 0 Å². The van der Waals surface area contributed by atoms with Gasteiger partial charge in [0.1, 0.15) is 17.3 Å². The topological polar surface area (TPSA) is 25.4 Å². The maximum atomic E-state index is 14.9. The summed E-state index contributed by atoms with van der Waals surface area (Å²) in [5.41, 5.74) is -2.63. The molecule has 124 valence electrons. The summed E-state index contributed by atoms with van der Waals surface area (Å²) in [7, 11) is 1.26. The summed E-state index contributed by atoms with van der Waals surface area (Å²) in [6, 6.07) is 5.00. The molecule has 3 rings (SSSR count). The second kappa shape index (κ2) is 6.54. The van der Waals surface area contributed by atoms with Crippen LogP contribution < -0.4 is 0 Å². The van der Waals surface area contributed by atoms with Gasteiger partial charge >= 0.3 is 5.92 Å². The van der Waals surface area contributed by atoms with E-state index in [1.807, 2.05) is 21.2 Å². The van der Waals surface area contributed by atoms with E-state index in [2.05, 4.69) is 16.2 Å². The zero-order chi connectivity index (χ0) is 17.4. The predicted molar refractivity (Wildman–Crippen MR) is 90.6 cm³/mol. The van der Waals surface area contributed by atoms with Crippen LogP contribution in [0.3, 0.4) is 0 Å². The molecule has 1 unspecified atom stereocenters. The molecule has 0 N–H and O–H groups in total. The van der Waals surface area contributed by atoms with E-state index in [-0.39, 0.29) is 12.2 Å². The highest BCUT2D eigenvalue weighted by atomic mass is 127. The van der Waals surface area contributed by atoms with Crippen molar-refractivity contribution >= 4 is 30.1 Å². The van der Waals surface area contributed by atoms with Crippen LogP contribution in [0.5, 0.6) is 0 Å². The molecule has 1 aromatic carbocycles. The van der Waals surface area contributed by atoms with Crippen molar-refractivity contribution in [2.24, 2.45) is 0 Å². The number of hydrogen-bond donors (Lipinski definition) is 0. The van der Waals surface area contributed by atoms with Crippen molar-refractivity contribution in [1.29, 1.82) is 0 Å². The van der Waals surface area contributed by atoms with E-state index in [9.17, 15) is 17.6 Å². The standard InChI is InChI=1S/C16H8F4INOS/c17-11-2-3-12(13(18)7-11)15(9-23-15)16(19,20)14-4-1-10(8-22-14)5-6-24-21/h1-4,7-8H,9H2. The van der Waals surface area contributed by atoms with Crippen molar-refractivity contribution in [3.8, 4) is 11.2 Å². The van der Waals surface area contributed by atoms with E-state index in [1.54, 1.807) is 0 Å². The van der Waals surface area contributed by atoms with Crippen LogP contribution in [-0.4, -0.2) is 11.6 Å². The van der Waals surface area contributed by atoms with Gasteiger partial charge in [0, 0.05) is 44.6 Å². The lowest BCUT2D eigenvalue weighted by Crippen LogP contribution is -2.34. The number of epoxide rings is 1. The average Bonchev–Trinajstić information content (AvgIpc) is 3.35. The largest absolute Gasteiger partial charge is 0.357 e. The normalized spacial score (nSPS) is 19.5. The number of halogens is 5. The number of benzene rings is 1. The first-order chi connectivity index (χ1) is 11.4. The second-order valence-corrected chi connectivity index (χ2v) is 6.73. The lowest BCUT2D eigenvalue weighted by molar-refractivity contribution is -0.0901. The van der Waals surface area contributed by atoms with Crippen LogP contribution in [0.1, 0.15) is 16.8 Å². The fourth-order valence-corrected chi connectivity index (χ4v) is 2.82. The predicted octanol–water partition coefficient (Wildman–Crippen LogP) is 4.77. The summed E-state index contributed by atoms with van der Waals surface area (Å²) in [5, 5.41) is 2.72. The van der Waals surface area contributed by atoms with Crippen molar-refractivity contribution < 1.29 is 22.3 Å². The summed E-state index contributed by atoms with van der Waals surface area (Å²) in [6.07, 6.45) is 1.22. The molecule has 0 radical (unpaired) electrons. The van der Waals surface area contributed by atoms with Crippen LogP contribution in [0.15, 0.2) is 36.5 Å². The van der Waals surface area contributed by atoms with Crippen molar-refractivity contribution in [2.45, 2.75) is 11.5 Å². The third kappa shape index (κ3) is 3.00. The Morgan fingerprint density at radius 1 is 1.25 bits per heavy atom. The molecule has 2 aromatic rings.